The van der Waals surface area contributed by atoms with Crippen molar-refractivity contribution in [1.82, 2.24) is 0 Å². The lowest BCUT2D eigenvalue weighted by Gasteiger charge is -2.17. The van der Waals surface area contributed by atoms with Crippen LogP contribution in [0.5, 0.6) is 0 Å². The molecule has 2 rings (SSSR count). The number of benzene rings is 1. The first kappa shape index (κ1) is 10.7. The molecule has 1 aromatic carbocycles. The van der Waals surface area contributed by atoms with E-state index in [-0.39, 0.29) is 11.9 Å². The zero-order chi connectivity index (χ0) is 11.9. The van der Waals surface area contributed by atoms with E-state index in [2.05, 4.69) is 5.32 Å². The van der Waals surface area contributed by atoms with Crippen LogP contribution in [0.3, 0.4) is 0 Å². The highest BCUT2D eigenvalue weighted by Crippen LogP contribution is 2.36. The molecule has 0 bridgehead atoms. The molecule has 0 aliphatic carbocycles. The molecule has 16 heavy (non-hydrogen) atoms. The van der Waals surface area contributed by atoms with Crippen LogP contribution in [0, 0.1) is 0 Å². The van der Waals surface area contributed by atoms with E-state index in [1.807, 2.05) is 19.9 Å². The maximum absolute atomic E-state index is 11.6. The van der Waals surface area contributed by atoms with Gasteiger partial charge in [0.05, 0.1) is 5.56 Å². The highest BCUT2D eigenvalue weighted by molar-refractivity contribution is 5.97. The van der Waals surface area contributed by atoms with Crippen LogP contribution in [0.4, 0.5) is 5.69 Å². The summed E-state index contributed by atoms with van der Waals surface area (Å²) < 4.78 is 5.23. The van der Waals surface area contributed by atoms with E-state index in [4.69, 9.17) is 4.74 Å². The SMILES string of the molecule is CC(=O)Nc1ccc2c(c1)C(=O)OC2(C)C. The van der Waals surface area contributed by atoms with Gasteiger partial charge in [-0.3, -0.25) is 4.79 Å². The van der Waals surface area contributed by atoms with Crippen molar-refractivity contribution in [3.8, 4) is 0 Å². The predicted molar refractivity (Wildman–Crippen MR) is 59.2 cm³/mol. The van der Waals surface area contributed by atoms with Gasteiger partial charge in [0, 0.05) is 18.2 Å². The van der Waals surface area contributed by atoms with Crippen molar-refractivity contribution in [2.24, 2.45) is 0 Å². The molecule has 4 nitrogen and oxygen atoms in total. The topological polar surface area (TPSA) is 55.4 Å². The number of rotatable bonds is 1. The molecule has 1 heterocycles. The van der Waals surface area contributed by atoms with Crippen molar-refractivity contribution in [1.29, 1.82) is 0 Å². The number of esters is 1. The Morgan fingerprint density at radius 1 is 1.38 bits per heavy atom. The van der Waals surface area contributed by atoms with Gasteiger partial charge >= 0.3 is 5.97 Å². The van der Waals surface area contributed by atoms with Gasteiger partial charge in [0.1, 0.15) is 5.60 Å². The Kier molecular flexibility index (Phi) is 2.22. The number of carbonyl (C=O) groups excluding carboxylic acids is 2. The second kappa shape index (κ2) is 3.33. The van der Waals surface area contributed by atoms with Gasteiger partial charge in [0.15, 0.2) is 0 Å². The minimum absolute atomic E-state index is 0.162. The lowest BCUT2D eigenvalue weighted by atomic mass is 9.96. The number of ether oxygens (including phenoxy) is 1. The van der Waals surface area contributed by atoms with Gasteiger partial charge in [-0.25, -0.2) is 4.79 Å². The second-order valence-corrected chi connectivity index (χ2v) is 4.34. The fraction of sp³-hybridized carbons (Fsp3) is 0.333. The summed E-state index contributed by atoms with van der Waals surface area (Å²) in [7, 11) is 0. The number of carbonyl (C=O) groups is 2. The molecule has 0 fully saturated rings. The molecule has 0 unspecified atom stereocenters. The van der Waals surface area contributed by atoms with E-state index in [1.165, 1.54) is 6.92 Å². The highest BCUT2D eigenvalue weighted by atomic mass is 16.6. The molecular weight excluding hydrogens is 206 g/mol. The molecule has 0 aromatic heterocycles. The molecule has 1 aliphatic rings. The number of anilines is 1. The molecule has 1 aromatic rings. The van der Waals surface area contributed by atoms with Crippen LogP contribution in [-0.4, -0.2) is 11.9 Å². The molecule has 1 aliphatic heterocycles. The standard InChI is InChI=1S/C12H13NO3/c1-7(14)13-8-4-5-10-9(6-8)11(15)16-12(10,2)3/h4-6H,1-3H3,(H,13,14). The van der Waals surface area contributed by atoms with Crippen molar-refractivity contribution in [3.63, 3.8) is 0 Å². The largest absolute Gasteiger partial charge is 0.451 e. The number of fused-ring (bicyclic) bond motifs is 1. The summed E-state index contributed by atoms with van der Waals surface area (Å²) in [5.41, 5.74) is 1.41. The van der Waals surface area contributed by atoms with Crippen molar-refractivity contribution in [2.45, 2.75) is 26.4 Å². The quantitative estimate of drug-likeness (QED) is 0.735. The minimum atomic E-state index is -0.582. The fourth-order valence-corrected chi connectivity index (χ4v) is 1.86. The van der Waals surface area contributed by atoms with Crippen molar-refractivity contribution in [3.05, 3.63) is 29.3 Å². The van der Waals surface area contributed by atoms with E-state index in [0.29, 0.717) is 11.3 Å². The third-order valence-electron chi connectivity index (χ3n) is 2.56. The molecule has 0 atom stereocenters. The fourth-order valence-electron chi connectivity index (χ4n) is 1.86. The van der Waals surface area contributed by atoms with Crippen LogP contribution >= 0.6 is 0 Å². The minimum Gasteiger partial charge on any atom is -0.451 e. The smallest absolute Gasteiger partial charge is 0.339 e. The molecular formula is C12H13NO3. The van der Waals surface area contributed by atoms with E-state index in [0.717, 1.165) is 5.56 Å². The number of amides is 1. The summed E-state index contributed by atoms with van der Waals surface area (Å²) in [5, 5.41) is 2.64. The van der Waals surface area contributed by atoms with Crippen molar-refractivity contribution in [2.75, 3.05) is 5.32 Å². The summed E-state index contributed by atoms with van der Waals surface area (Å²) in [6, 6.07) is 5.23. The van der Waals surface area contributed by atoms with Gasteiger partial charge in [0.2, 0.25) is 5.91 Å². The van der Waals surface area contributed by atoms with Gasteiger partial charge in [-0.2, -0.15) is 0 Å². The first-order chi connectivity index (χ1) is 7.40. The predicted octanol–water partition coefficient (Wildman–Crippen LogP) is 2.05. The van der Waals surface area contributed by atoms with Crippen LogP contribution in [0.15, 0.2) is 18.2 Å². The summed E-state index contributed by atoms with van der Waals surface area (Å²) in [4.78, 5) is 22.5. The molecule has 0 radical (unpaired) electrons. The van der Waals surface area contributed by atoms with Crippen molar-refractivity contribution < 1.29 is 14.3 Å². The third kappa shape index (κ3) is 1.66. The molecule has 0 saturated carbocycles. The Labute approximate surface area is 93.6 Å². The summed E-state index contributed by atoms with van der Waals surface area (Å²) in [5.74, 6) is -0.502. The Hall–Kier alpha value is -1.84. The van der Waals surface area contributed by atoms with Gasteiger partial charge < -0.3 is 10.1 Å². The molecule has 84 valence electrons. The van der Waals surface area contributed by atoms with E-state index < -0.39 is 5.60 Å². The Bertz CT molecular complexity index is 477. The van der Waals surface area contributed by atoms with Gasteiger partial charge in [-0.05, 0) is 26.0 Å². The molecule has 0 spiro atoms. The number of hydrogen-bond acceptors (Lipinski definition) is 3. The van der Waals surface area contributed by atoms with Crippen LogP contribution in [0.2, 0.25) is 0 Å². The maximum Gasteiger partial charge on any atom is 0.339 e. The zero-order valence-electron chi connectivity index (χ0n) is 9.46. The van der Waals surface area contributed by atoms with Gasteiger partial charge in [-0.15, -0.1) is 0 Å². The highest BCUT2D eigenvalue weighted by Gasteiger charge is 2.37. The molecule has 1 amide bonds. The molecule has 1 N–H and O–H groups in total. The monoisotopic (exact) mass is 219 g/mol. The summed E-state index contributed by atoms with van der Waals surface area (Å²) >= 11 is 0. The summed E-state index contributed by atoms with van der Waals surface area (Å²) in [6.07, 6.45) is 0. The maximum atomic E-state index is 11.6. The summed E-state index contributed by atoms with van der Waals surface area (Å²) in [6.45, 7) is 5.11. The Morgan fingerprint density at radius 3 is 2.69 bits per heavy atom. The van der Waals surface area contributed by atoms with Crippen LogP contribution < -0.4 is 5.32 Å². The van der Waals surface area contributed by atoms with Gasteiger partial charge in [0.25, 0.3) is 0 Å². The Balaban J connectivity index is 2.44. The first-order valence-corrected chi connectivity index (χ1v) is 5.05. The van der Waals surface area contributed by atoms with Crippen LogP contribution in [-0.2, 0) is 15.1 Å². The van der Waals surface area contributed by atoms with E-state index >= 15 is 0 Å². The van der Waals surface area contributed by atoms with E-state index in [9.17, 15) is 9.59 Å². The number of cyclic esters (lactones) is 1. The first-order valence-electron chi connectivity index (χ1n) is 5.05. The van der Waals surface area contributed by atoms with Crippen LogP contribution in [0.1, 0.15) is 36.7 Å². The van der Waals surface area contributed by atoms with Gasteiger partial charge in [-0.1, -0.05) is 6.07 Å². The number of nitrogens with one attached hydrogen (secondary N) is 1. The normalized spacial score (nSPS) is 16.6. The van der Waals surface area contributed by atoms with Crippen molar-refractivity contribution >= 4 is 17.6 Å². The third-order valence-corrected chi connectivity index (χ3v) is 2.56. The van der Waals surface area contributed by atoms with E-state index in [1.54, 1.807) is 12.1 Å². The van der Waals surface area contributed by atoms with Crippen LogP contribution in [0.25, 0.3) is 0 Å². The average Bonchev–Trinajstić information content (AvgIpc) is 2.36. The molecule has 4 heteroatoms. The Morgan fingerprint density at radius 2 is 2.06 bits per heavy atom. The molecule has 0 saturated heterocycles. The lowest BCUT2D eigenvalue weighted by molar-refractivity contribution is -0.114. The average molecular weight is 219 g/mol. The zero-order valence-corrected chi connectivity index (χ0v) is 9.46. The number of hydrogen-bond donors (Lipinski definition) is 1. The lowest BCUT2D eigenvalue weighted by Crippen LogP contribution is -2.15. The second-order valence-electron chi connectivity index (χ2n) is 4.34.